The summed E-state index contributed by atoms with van der Waals surface area (Å²) in [7, 11) is 0.832. The van der Waals surface area contributed by atoms with Crippen LogP contribution in [0.15, 0.2) is 15.6 Å². The summed E-state index contributed by atoms with van der Waals surface area (Å²) in [6.45, 7) is 1.37. The molecule has 3 nitrogen and oxygen atoms in total. The molecule has 1 aromatic rings. The number of hydrogen-bond acceptors (Lipinski definition) is 3. The second kappa shape index (κ2) is 4.31. The second-order valence-electron chi connectivity index (χ2n) is 2.71. The van der Waals surface area contributed by atoms with Gasteiger partial charge in [-0.05, 0) is 34.5 Å². The lowest BCUT2D eigenvalue weighted by Crippen LogP contribution is -2.05. The van der Waals surface area contributed by atoms with E-state index < -0.39 is 26.1 Å². The molecule has 8 heteroatoms. The molecule has 0 unspecified atom stereocenters. The van der Waals surface area contributed by atoms with Crippen LogP contribution in [-0.4, -0.2) is 13.4 Å². The lowest BCUT2D eigenvalue weighted by Gasteiger charge is -2.08. The number of pyridine rings is 1. The van der Waals surface area contributed by atoms with Crippen molar-refractivity contribution in [2.75, 3.05) is 0 Å². The van der Waals surface area contributed by atoms with Gasteiger partial charge in [0.1, 0.15) is 15.2 Å². The second-order valence-corrected chi connectivity index (χ2v) is 6.03. The SMILES string of the molecule is Cc1cc(Br)nc(C(F)F)c1S(=O)(=O)Cl. The van der Waals surface area contributed by atoms with Gasteiger partial charge in [-0.1, -0.05) is 0 Å². The molecule has 0 radical (unpaired) electrons. The minimum absolute atomic E-state index is 0.127. The Kier molecular flexibility index (Phi) is 3.67. The van der Waals surface area contributed by atoms with Crippen LogP contribution in [0.1, 0.15) is 17.7 Å². The molecule has 0 amide bonds. The van der Waals surface area contributed by atoms with Gasteiger partial charge in [0, 0.05) is 10.7 Å². The summed E-state index contributed by atoms with van der Waals surface area (Å²) in [5.74, 6) is 0. The third kappa shape index (κ3) is 2.85. The maximum atomic E-state index is 12.5. The van der Waals surface area contributed by atoms with Crippen LogP contribution < -0.4 is 0 Å². The van der Waals surface area contributed by atoms with Gasteiger partial charge in [0.15, 0.2) is 0 Å². The number of alkyl halides is 2. The van der Waals surface area contributed by atoms with E-state index in [0.717, 1.165) is 0 Å². The standard InChI is InChI=1S/C7H5BrClF2NO2S/c1-3-2-4(8)12-5(7(10)11)6(3)15(9,13)14/h2,7H,1H3. The topological polar surface area (TPSA) is 47.0 Å². The van der Waals surface area contributed by atoms with Crippen molar-refractivity contribution in [2.24, 2.45) is 0 Å². The van der Waals surface area contributed by atoms with E-state index >= 15 is 0 Å². The first-order chi connectivity index (χ1) is 6.73. The molecule has 0 saturated carbocycles. The summed E-state index contributed by atoms with van der Waals surface area (Å²) in [6, 6.07) is 1.31. The van der Waals surface area contributed by atoms with E-state index in [1.54, 1.807) is 0 Å². The normalized spacial score (nSPS) is 12.1. The van der Waals surface area contributed by atoms with Gasteiger partial charge in [-0.15, -0.1) is 0 Å². The van der Waals surface area contributed by atoms with Crippen molar-refractivity contribution in [2.45, 2.75) is 18.2 Å². The monoisotopic (exact) mass is 319 g/mol. The first-order valence-electron chi connectivity index (χ1n) is 3.63. The average molecular weight is 321 g/mol. The van der Waals surface area contributed by atoms with E-state index in [4.69, 9.17) is 10.7 Å². The van der Waals surface area contributed by atoms with E-state index in [1.165, 1.54) is 13.0 Å². The smallest absolute Gasteiger partial charge is 0.238 e. The molecule has 0 aliphatic rings. The van der Waals surface area contributed by atoms with Gasteiger partial charge >= 0.3 is 0 Å². The fourth-order valence-electron chi connectivity index (χ4n) is 1.11. The van der Waals surface area contributed by atoms with Crippen molar-refractivity contribution in [3.8, 4) is 0 Å². The number of halogens is 4. The van der Waals surface area contributed by atoms with E-state index in [9.17, 15) is 17.2 Å². The van der Waals surface area contributed by atoms with Crippen LogP contribution in [0.25, 0.3) is 0 Å². The Bertz CT molecular complexity index is 492. The Hall–Kier alpha value is -0.270. The summed E-state index contributed by atoms with van der Waals surface area (Å²) in [5.41, 5.74) is -0.709. The van der Waals surface area contributed by atoms with Gasteiger partial charge in [0.25, 0.3) is 15.5 Å². The van der Waals surface area contributed by atoms with Crippen molar-refractivity contribution in [1.82, 2.24) is 4.98 Å². The molecular weight excluding hydrogens is 316 g/mol. The van der Waals surface area contributed by atoms with Crippen LogP contribution in [0.4, 0.5) is 8.78 Å². The predicted molar refractivity (Wildman–Crippen MR) is 54.7 cm³/mol. The molecule has 15 heavy (non-hydrogen) atoms. The van der Waals surface area contributed by atoms with Crippen LogP contribution in [0.5, 0.6) is 0 Å². The number of rotatable bonds is 2. The van der Waals surface area contributed by atoms with Crippen molar-refractivity contribution in [3.05, 3.63) is 21.9 Å². The lowest BCUT2D eigenvalue weighted by atomic mass is 10.2. The average Bonchev–Trinajstić information content (AvgIpc) is 1.99. The van der Waals surface area contributed by atoms with E-state index in [0.29, 0.717) is 0 Å². The third-order valence-electron chi connectivity index (χ3n) is 1.60. The van der Waals surface area contributed by atoms with Gasteiger partial charge in [0.2, 0.25) is 0 Å². The maximum absolute atomic E-state index is 12.5. The van der Waals surface area contributed by atoms with Crippen molar-refractivity contribution >= 4 is 35.7 Å². The zero-order chi connectivity index (χ0) is 11.8. The Morgan fingerprint density at radius 3 is 2.47 bits per heavy atom. The quantitative estimate of drug-likeness (QED) is 0.621. The molecule has 1 heterocycles. The highest BCUT2D eigenvalue weighted by Crippen LogP contribution is 2.31. The van der Waals surface area contributed by atoms with Gasteiger partial charge in [-0.25, -0.2) is 22.2 Å². The molecule has 0 saturated heterocycles. The highest BCUT2D eigenvalue weighted by Gasteiger charge is 2.26. The highest BCUT2D eigenvalue weighted by atomic mass is 79.9. The zero-order valence-electron chi connectivity index (χ0n) is 7.34. The summed E-state index contributed by atoms with van der Waals surface area (Å²) >= 11 is 2.90. The fraction of sp³-hybridized carbons (Fsp3) is 0.286. The Morgan fingerprint density at radius 1 is 1.53 bits per heavy atom. The van der Waals surface area contributed by atoms with Crippen molar-refractivity contribution in [3.63, 3.8) is 0 Å². The summed E-state index contributed by atoms with van der Waals surface area (Å²) in [4.78, 5) is 2.78. The third-order valence-corrected chi connectivity index (χ3v) is 3.49. The van der Waals surface area contributed by atoms with E-state index in [-0.39, 0.29) is 10.2 Å². The molecule has 1 rings (SSSR count). The van der Waals surface area contributed by atoms with Gasteiger partial charge < -0.3 is 0 Å². The van der Waals surface area contributed by atoms with Crippen molar-refractivity contribution < 1.29 is 17.2 Å². The van der Waals surface area contributed by atoms with Gasteiger partial charge in [0.05, 0.1) is 0 Å². The molecular formula is C7H5BrClF2NO2S. The molecule has 0 aliphatic heterocycles. The minimum Gasteiger partial charge on any atom is -0.238 e. The molecule has 0 bridgehead atoms. The van der Waals surface area contributed by atoms with E-state index in [2.05, 4.69) is 20.9 Å². The minimum atomic E-state index is -4.22. The maximum Gasteiger partial charge on any atom is 0.281 e. The van der Waals surface area contributed by atoms with Crippen LogP contribution in [0.3, 0.4) is 0 Å². The Labute approximate surface area is 98.0 Å². The summed E-state index contributed by atoms with van der Waals surface area (Å²) in [6.07, 6.45) is -3.00. The number of hydrogen-bond donors (Lipinski definition) is 0. The number of aryl methyl sites for hydroxylation is 1. The molecule has 0 aliphatic carbocycles. The molecule has 1 aromatic heterocycles. The lowest BCUT2D eigenvalue weighted by molar-refractivity contribution is 0.142. The van der Waals surface area contributed by atoms with Gasteiger partial charge in [-0.3, -0.25) is 0 Å². The van der Waals surface area contributed by atoms with Gasteiger partial charge in [-0.2, -0.15) is 0 Å². The molecule has 0 atom stereocenters. The Morgan fingerprint density at radius 2 is 2.07 bits per heavy atom. The summed E-state index contributed by atoms with van der Waals surface area (Å²) < 4.78 is 47.3. The molecule has 84 valence electrons. The zero-order valence-corrected chi connectivity index (χ0v) is 10.5. The van der Waals surface area contributed by atoms with Crippen molar-refractivity contribution in [1.29, 1.82) is 0 Å². The molecule has 0 aromatic carbocycles. The number of nitrogens with zero attached hydrogens (tertiary/aromatic N) is 1. The summed E-state index contributed by atoms with van der Waals surface area (Å²) in [5, 5.41) is 0. The molecule has 0 N–H and O–H groups in total. The molecule has 0 fully saturated rings. The molecule has 0 spiro atoms. The predicted octanol–water partition coefficient (Wildman–Crippen LogP) is 3.02. The largest absolute Gasteiger partial charge is 0.281 e. The van der Waals surface area contributed by atoms with Crippen LogP contribution in [0, 0.1) is 6.92 Å². The van der Waals surface area contributed by atoms with E-state index in [1.807, 2.05) is 0 Å². The number of aromatic nitrogens is 1. The van der Waals surface area contributed by atoms with Crippen LogP contribution >= 0.6 is 26.6 Å². The van der Waals surface area contributed by atoms with Crippen LogP contribution in [0.2, 0.25) is 0 Å². The van der Waals surface area contributed by atoms with Crippen LogP contribution in [-0.2, 0) is 9.05 Å². The fourth-order valence-corrected chi connectivity index (χ4v) is 3.07. The Balaban J connectivity index is 3.62. The first kappa shape index (κ1) is 12.8. The first-order valence-corrected chi connectivity index (χ1v) is 6.73. The highest BCUT2D eigenvalue weighted by molar-refractivity contribution is 9.10.